The second kappa shape index (κ2) is 4.58. The molecule has 4 nitrogen and oxygen atoms in total. The minimum atomic E-state index is -0.647. The van der Waals surface area contributed by atoms with Gasteiger partial charge < -0.3 is 9.84 Å². The Morgan fingerprint density at radius 1 is 1.24 bits per heavy atom. The molecule has 0 aromatic carbocycles. The number of hydrogen-bond donors (Lipinski definition) is 1. The second-order valence-corrected chi connectivity index (χ2v) is 5.91. The van der Waals surface area contributed by atoms with Gasteiger partial charge in [-0.05, 0) is 26.7 Å². The topological polar surface area (TPSA) is 49.8 Å². The van der Waals surface area contributed by atoms with E-state index in [1.165, 1.54) is 6.42 Å². The lowest BCUT2D eigenvalue weighted by atomic mass is 9.77. The van der Waals surface area contributed by atoms with E-state index in [9.17, 15) is 9.90 Å². The van der Waals surface area contributed by atoms with E-state index in [0.29, 0.717) is 13.2 Å². The van der Waals surface area contributed by atoms with Crippen molar-refractivity contribution < 1.29 is 14.6 Å². The SMILES string of the molecule is CC1(C)COCCN1C1(C(=O)O)CCCCC1. The Kier molecular flexibility index (Phi) is 3.46. The molecule has 4 heteroatoms. The molecule has 1 saturated heterocycles. The summed E-state index contributed by atoms with van der Waals surface area (Å²) >= 11 is 0. The zero-order chi connectivity index (χ0) is 12.5. The molecule has 1 N–H and O–H groups in total. The Bertz CT molecular complexity index is 295. The molecule has 0 spiro atoms. The van der Waals surface area contributed by atoms with E-state index >= 15 is 0 Å². The summed E-state index contributed by atoms with van der Waals surface area (Å²) in [6.45, 7) is 6.19. The van der Waals surface area contributed by atoms with Crippen LogP contribution in [0.5, 0.6) is 0 Å². The summed E-state index contributed by atoms with van der Waals surface area (Å²) < 4.78 is 5.50. The first-order valence-corrected chi connectivity index (χ1v) is 6.58. The Hall–Kier alpha value is -0.610. The highest BCUT2D eigenvalue weighted by molar-refractivity contribution is 5.79. The largest absolute Gasteiger partial charge is 0.480 e. The van der Waals surface area contributed by atoms with Gasteiger partial charge in [0.2, 0.25) is 0 Å². The highest BCUT2D eigenvalue weighted by atomic mass is 16.5. The van der Waals surface area contributed by atoms with Crippen molar-refractivity contribution in [3.63, 3.8) is 0 Å². The molecule has 0 radical (unpaired) electrons. The number of carbonyl (C=O) groups is 1. The van der Waals surface area contributed by atoms with Gasteiger partial charge in [0.25, 0.3) is 0 Å². The number of carboxylic acid groups (broad SMARTS) is 1. The first-order valence-electron chi connectivity index (χ1n) is 6.58. The van der Waals surface area contributed by atoms with Gasteiger partial charge in [-0.2, -0.15) is 0 Å². The van der Waals surface area contributed by atoms with Crippen LogP contribution in [0.3, 0.4) is 0 Å². The van der Waals surface area contributed by atoms with E-state index in [1.807, 2.05) is 0 Å². The number of nitrogens with zero attached hydrogens (tertiary/aromatic N) is 1. The van der Waals surface area contributed by atoms with E-state index in [4.69, 9.17) is 4.74 Å². The Balaban J connectivity index is 2.28. The lowest BCUT2D eigenvalue weighted by molar-refractivity contribution is -0.171. The zero-order valence-electron chi connectivity index (χ0n) is 10.9. The molecule has 1 saturated carbocycles. The minimum Gasteiger partial charge on any atom is -0.480 e. The van der Waals surface area contributed by atoms with E-state index in [0.717, 1.165) is 32.2 Å². The van der Waals surface area contributed by atoms with Crippen molar-refractivity contribution in [2.24, 2.45) is 0 Å². The minimum absolute atomic E-state index is 0.173. The van der Waals surface area contributed by atoms with E-state index < -0.39 is 11.5 Å². The standard InChI is InChI=1S/C13H23NO3/c1-12(2)10-17-9-8-14(12)13(11(15)16)6-4-3-5-7-13/h3-10H2,1-2H3,(H,15,16). The predicted molar refractivity (Wildman–Crippen MR) is 65.1 cm³/mol. The monoisotopic (exact) mass is 241 g/mol. The van der Waals surface area contributed by atoms with Gasteiger partial charge in [0.1, 0.15) is 5.54 Å². The van der Waals surface area contributed by atoms with E-state index in [-0.39, 0.29) is 5.54 Å². The number of aliphatic carboxylic acids is 1. The Morgan fingerprint density at radius 3 is 2.41 bits per heavy atom. The molecule has 2 rings (SSSR count). The van der Waals surface area contributed by atoms with Crippen molar-refractivity contribution >= 4 is 5.97 Å². The highest BCUT2D eigenvalue weighted by Crippen LogP contribution is 2.39. The van der Waals surface area contributed by atoms with Crippen LogP contribution in [0.2, 0.25) is 0 Å². The molecular formula is C13H23NO3. The highest BCUT2D eigenvalue weighted by Gasteiger charge is 2.50. The summed E-state index contributed by atoms with van der Waals surface area (Å²) in [5, 5.41) is 9.69. The maximum Gasteiger partial charge on any atom is 0.324 e. The van der Waals surface area contributed by atoms with Crippen LogP contribution in [0.4, 0.5) is 0 Å². The van der Waals surface area contributed by atoms with Crippen molar-refractivity contribution in [3.8, 4) is 0 Å². The van der Waals surface area contributed by atoms with E-state index in [1.54, 1.807) is 0 Å². The van der Waals surface area contributed by atoms with Gasteiger partial charge in [0, 0.05) is 12.1 Å². The smallest absolute Gasteiger partial charge is 0.324 e. The van der Waals surface area contributed by atoms with Crippen LogP contribution < -0.4 is 0 Å². The molecule has 1 heterocycles. The molecule has 1 aliphatic heterocycles. The average Bonchev–Trinajstić information content (AvgIpc) is 2.29. The third kappa shape index (κ3) is 2.20. The lowest BCUT2D eigenvalue weighted by Crippen LogP contribution is -2.67. The van der Waals surface area contributed by atoms with Crippen molar-refractivity contribution in [1.82, 2.24) is 4.90 Å². The number of hydrogen-bond acceptors (Lipinski definition) is 3. The van der Waals surface area contributed by atoms with Crippen LogP contribution in [-0.4, -0.2) is 46.8 Å². The Labute approximate surface area is 103 Å². The fourth-order valence-corrected chi connectivity index (χ4v) is 3.39. The fourth-order valence-electron chi connectivity index (χ4n) is 3.39. The molecule has 0 bridgehead atoms. The molecule has 17 heavy (non-hydrogen) atoms. The summed E-state index contributed by atoms with van der Waals surface area (Å²) in [6, 6.07) is 0. The van der Waals surface area contributed by atoms with Gasteiger partial charge in [-0.25, -0.2) is 0 Å². The molecule has 0 unspecified atom stereocenters. The van der Waals surface area contributed by atoms with Gasteiger partial charge >= 0.3 is 5.97 Å². The van der Waals surface area contributed by atoms with Crippen LogP contribution in [-0.2, 0) is 9.53 Å². The Morgan fingerprint density at radius 2 is 1.88 bits per heavy atom. The molecule has 0 aromatic heterocycles. The van der Waals surface area contributed by atoms with Crippen LogP contribution in [0.1, 0.15) is 46.0 Å². The van der Waals surface area contributed by atoms with Gasteiger partial charge in [0.05, 0.1) is 13.2 Å². The average molecular weight is 241 g/mol. The predicted octanol–water partition coefficient (Wildman–Crippen LogP) is 1.88. The zero-order valence-corrected chi connectivity index (χ0v) is 10.9. The molecule has 1 aliphatic carbocycles. The number of ether oxygens (including phenoxy) is 1. The van der Waals surface area contributed by atoms with Crippen LogP contribution in [0.15, 0.2) is 0 Å². The molecule has 0 aromatic rings. The first-order chi connectivity index (χ1) is 7.99. The molecule has 98 valence electrons. The number of morpholine rings is 1. The van der Waals surface area contributed by atoms with Crippen molar-refractivity contribution in [2.45, 2.75) is 57.0 Å². The van der Waals surface area contributed by atoms with Crippen molar-refractivity contribution in [3.05, 3.63) is 0 Å². The molecule has 0 atom stereocenters. The lowest BCUT2D eigenvalue weighted by Gasteiger charge is -2.53. The summed E-state index contributed by atoms with van der Waals surface area (Å²) in [5.74, 6) is -0.646. The summed E-state index contributed by atoms with van der Waals surface area (Å²) in [4.78, 5) is 14.0. The van der Waals surface area contributed by atoms with Gasteiger partial charge in [-0.15, -0.1) is 0 Å². The van der Waals surface area contributed by atoms with Crippen molar-refractivity contribution in [1.29, 1.82) is 0 Å². The van der Waals surface area contributed by atoms with Crippen LogP contribution >= 0.6 is 0 Å². The van der Waals surface area contributed by atoms with Crippen LogP contribution in [0.25, 0.3) is 0 Å². The molecular weight excluding hydrogens is 218 g/mol. The summed E-state index contributed by atoms with van der Waals surface area (Å²) in [7, 11) is 0. The first kappa shape index (κ1) is 12.8. The van der Waals surface area contributed by atoms with E-state index in [2.05, 4.69) is 18.7 Å². The number of carboxylic acids is 1. The summed E-state index contributed by atoms with van der Waals surface area (Å²) in [5.41, 5.74) is -0.820. The van der Waals surface area contributed by atoms with Crippen molar-refractivity contribution in [2.75, 3.05) is 19.8 Å². The third-order valence-corrected chi connectivity index (χ3v) is 4.24. The fraction of sp³-hybridized carbons (Fsp3) is 0.923. The maximum absolute atomic E-state index is 11.8. The normalized spacial score (nSPS) is 28.8. The van der Waals surface area contributed by atoms with Gasteiger partial charge in [0.15, 0.2) is 0 Å². The van der Waals surface area contributed by atoms with Gasteiger partial charge in [-0.3, -0.25) is 9.69 Å². The molecule has 0 amide bonds. The molecule has 2 aliphatic rings. The third-order valence-electron chi connectivity index (χ3n) is 4.24. The number of rotatable bonds is 2. The van der Waals surface area contributed by atoms with Gasteiger partial charge in [-0.1, -0.05) is 19.3 Å². The maximum atomic E-state index is 11.8. The quantitative estimate of drug-likeness (QED) is 0.802. The van der Waals surface area contributed by atoms with Crippen LogP contribution in [0, 0.1) is 0 Å². The summed E-state index contributed by atoms with van der Waals surface area (Å²) in [6.07, 6.45) is 4.79. The molecule has 2 fully saturated rings. The second-order valence-electron chi connectivity index (χ2n) is 5.91.